The molecule has 2 aromatic rings. The van der Waals surface area contributed by atoms with Gasteiger partial charge in [0.2, 0.25) is 0 Å². The smallest absolute Gasteiger partial charge is 0.255 e. The third kappa shape index (κ3) is 7.96. The zero-order valence-electron chi connectivity index (χ0n) is 24.3. The topological polar surface area (TPSA) is 115 Å². The molecule has 2 atom stereocenters. The molecule has 41 heavy (non-hydrogen) atoms. The lowest BCUT2D eigenvalue weighted by Gasteiger charge is -2.27. The number of aliphatic hydroxyl groups is 1. The molecule has 2 aromatic carbocycles. The number of methoxy groups -OCH3 is 1. The van der Waals surface area contributed by atoms with E-state index in [2.05, 4.69) is 10.6 Å². The minimum atomic E-state index is -0.629. The number of hydrogen-bond acceptors (Lipinski definition) is 7. The average molecular weight is 573 g/mol. The Morgan fingerprint density at radius 2 is 1.85 bits per heavy atom. The number of aliphatic hydroxyl groups excluding tert-OH is 1. The molecule has 10 heteroatoms. The van der Waals surface area contributed by atoms with E-state index in [0.717, 1.165) is 17.5 Å². The van der Waals surface area contributed by atoms with E-state index < -0.39 is 17.8 Å². The minimum Gasteiger partial charge on any atom is -0.495 e. The van der Waals surface area contributed by atoms with Gasteiger partial charge in [0.1, 0.15) is 17.3 Å². The van der Waals surface area contributed by atoms with Crippen molar-refractivity contribution in [3.8, 4) is 11.5 Å². The van der Waals surface area contributed by atoms with Crippen LogP contribution in [0.5, 0.6) is 11.5 Å². The summed E-state index contributed by atoms with van der Waals surface area (Å²) in [5.74, 6) is -0.230. The van der Waals surface area contributed by atoms with E-state index in [1.807, 2.05) is 20.8 Å². The second kappa shape index (κ2) is 13.6. The minimum absolute atomic E-state index is 0.0459. The van der Waals surface area contributed by atoms with Gasteiger partial charge in [-0.25, -0.2) is 4.39 Å². The van der Waals surface area contributed by atoms with Gasteiger partial charge in [-0.15, -0.1) is 0 Å². The van der Waals surface area contributed by atoms with Crippen molar-refractivity contribution in [2.24, 2.45) is 5.92 Å². The number of benzene rings is 2. The van der Waals surface area contributed by atoms with Gasteiger partial charge in [-0.2, -0.15) is 0 Å². The number of halogens is 1. The average Bonchev–Trinajstić information content (AvgIpc) is 3.42. The molecule has 0 bridgehead atoms. The number of ether oxygens (including phenoxy) is 4. The van der Waals surface area contributed by atoms with Crippen LogP contribution in [0.25, 0.3) is 0 Å². The van der Waals surface area contributed by atoms with E-state index in [-0.39, 0.29) is 29.5 Å². The number of nitrogens with one attached hydrogen (secondary N) is 2. The molecule has 9 nitrogen and oxygen atoms in total. The Balaban J connectivity index is 1.46. The first kappa shape index (κ1) is 30.7. The monoisotopic (exact) mass is 572 g/mol. The van der Waals surface area contributed by atoms with E-state index in [4.69, 9.17) is 18.9 Å². The van der Waals surface area contributed by atoms with Crippen molar-refractivity contribution in [3.63, 3.8) is 0 Å². The lowest BCUT2D eigenvalue weighted by Crippen LogP contribution is -2.35. The van der Waals surface area contributed by atoms with Gasteiger partial charge >= 0.3 is 0 Å². The molecular formula is C31H41FN2O7. The van der Waals surface area contributed by atoms with Crippen molar-refractivity contribution >= 4 is 11.8 Å². The van der Waals surface area contributed by atoms with E-state index in [0.29, 0.717) is 74.9 Å². The van der Waals surface area contributed by atoms with Crippen LogP contribution in [-0.2, 0) is 22.3 Å². The maximum atomic E-state index is 15.0. The van der Waals surface area contributed by atoms with Gasteiger partial charge in [-0.3, -0.25) is 9.59 Å². The van der Waals surface area contributed by atoms with Crippen molar-refractivity contribution < 1.29 is 38.0 Å². The van der Waals surface area contributed by atoms with Crippen LogP contribution in [0, 0.1) is 11.7 Å². The summed E-state index contributed by atoms with van der Waals surface area (Å²) in [6.07, 6.45) is 1.76. The molecule has 2 aliphatic rings. The number of carbonyl (C=O) groups is 2. The van der Waals surface area contributed by atoms with E-state index in [1.54, 1.807) is 12.1 Å². The van der Waals surface area contributed by atoms with Crippen LogP contribution in [0.4, 0.5) is 4.39 Å². The first-order chi connectivity index (χ1) is 19.6. The third-order valence-corrected chi connectivity index (χ3v) is 7.31. The molecule has 2 amide bonds. The normalized spacial score (nSPS) is 18.4. The van der Waals surface area contributed by atoms with Crippen LogP contribution in [0.15, 0.2) is 24.3 Å². The van der Waals surface area contributed by atoms with Crippen LogP contribution in [0.3, 0.4) is 0 Å². The Hall–Kier alpha value is -3.21. The van der Waals surface area contributed by atoms with Crippen LogP contribution in [0.2, 0.25) is 0 Å². The van der Waals surface area contributed by atoms with Crippen LogP contribution >= 0.6 is 0 Å². The third-order valence-electron chi connectivity index (χ3n) is 7.31. The molecule has 2 aliphatic heterocycles. The van der Waals surface area contributed by atoms with Gasteiger partial charge in [-0.1, -0.05) is 6.07 Å². The number of fused-ring (bicyclic) bond motifs is 1. The van der Waals surface area contributed by atoms with Crippen LogP contribution < -0.4 is 20.1 Å². The van der Waals surface area contributed by atoms with Crippen molar-refractivity contribution in [2.75, 3.05) is 46.6 Å². The number of rotatable bonds is 11. The Morgan fingerprint density at radius 1 is 1.10 bits per heavy atom. The molecule has 3 N–H and O–H groups in total. The molecule has 1 unspecified atom stereocenters. The summed E-state index contributed by atoms with van der Waals surface area (Å²) in [5.41, 5.74) is 2.20. The van der Waals surface area contributed by atoms with Gasteiger partial charge in [0.05, 0.1) is 49.8 Å². The first-order valence-corrected chi connectivity index (χ1v) is 14.2. The largest absolute Gasteiger partial charge is 0.495 e. The van der Waals surface area contributed by atoms with Gasteiger partial charge in [0, 0.05) is 38.1 Å². The van der Waals surface area contributed by atoms with Crippen molar-refractivity contribution in [1.82, 2.24) is 10.6 Å². The van der Waals surface area contributed by atoms with Gasteiger partial charge in [0.25, 0.3) is 11.8 Å². The highest BCUT2D eigenvalue weighted by atomic mass is 19.1. The Bertz CT molecular complexity index is 1240. The number of hydrogen-bond donors (Lipinski definition) is 3. The molecule has 1 fully saturated rings. The fourth-order valence-electron chi connectivity index (χ4n) is 5.22. The summed E-state index contributed by atoms with van der Waals surface area (Å²) < 4.78 is 37.4. The van der Waals surface area contributed by atoms with Gasteiger partial charge in [0.15, 0.2) is 0 Å². The molecular weight excluding hydrogens is 531 g/mol. The Kier molecular flexibility index (Phi) is 10.2. The zero-order valence-corrected chi connectivity index (χ0v) is 24.3. The van der Waals surface area contributed by atoms with Gasteiger partial charge < -0.3 is 34.7 Å². The highest BCUT2D eigenvalue weighted by Gasteiger charge is 2.28. The maximum absolute atomic E-state index is 15.0. The Labute approximate surface area is 240 Å². The van der Waals surface area contributed by atoms with E-state index >= 15 is 0 Å². The lowest BCUT2D eigenvalue weighted by molar-refractivity contribution is -0.0456. The zero-order chi connectivity index (χ0) is 29.6. The molecule has 224 valence electrons. The summed E-state index contributed by atoms with van der Waals surface area (Å²) in [7, 11) is 1.52. The molecule has 1 saturated heterocycles. The number of carbonyl (C=O) groups excluding carboxylic acids is 2. The van der Waals surface area contributed by atoms with E-state index in [9.17, 15) is 19.1 Å². The second-order valence-electron chi connectivity index (χ2n) is 11.5. The fraction of sp³-hybridized carbons (Fsp3) is 0.548. The molecule has 0 radical (unpaired) electrons. The molecule has 0 spiro atoms. The molecule has 4 rings (SSSR count). The lowest BCUT2D eigenvalue weighted by atomic mass is 9.93. The van der Waals surface area contributed by atoms with Crippen LogP contribution in [-0.4, -0.2) is 75.3 Å². The molecule has 2 heterocycles. The van der Waals surface area contributed by atoms with E-state index in [1.165, 1.54) is 19.2 Å². The highest BCUT2D eigenvalue weighted by Crippen LogP contribution is 2.40. The standard InChI is InChI=1S/C31H41FN2O7/c1-31(2,3)41-14-11-34-29(36)22-6-5-19(16-25(22)32)15-21-17-24(28(38-4)23-9-13-40-27(21)23)30(37)33-10-7-20-8-12-39-18-26(20)35/h5-6,16-17,20,26,35H,7-15,18H2,1-4H3,(H,33,37)(H,34,36)/t20?,26-/m0/s1. The molecule has 0 aromatic heterocycles. The predicted molar refractivity (Wildman–Crippen MR) is 151 cm³/mol. The van der Waals surface area contributed by atoms with Crippen LogP contribution in [0.1, 0.15) is 71.0 Å². The maximum Gasteiger partial charge on any atom is 0.255 e. The van der Waals surface area contributed by atoms with Gasteiger partial charge in [-0.05, 0) is 68.9 Å². The first-order valence-electron chi connectivity index (χ1n) is 14.2. The second-order valence-corrected chi connectivity index (χ2v) is 11.5. The summed E-state index contributed by atoms with van der Waals surface area (Å²) in [6, 6.07) is 6.24. The molecule has 0 aliphatic carbocycles. The van der Waals surface area contributed by atoms with Crippen molar-refractivity contribution in [1.29, 1.82) is 0 Å². The summed E-state index contributed by atoms with van der Waals surface area (Å²) in [4.78, 5) is 25.8. The predicted octanol–water partition coefficient (Wildman–Crippen LogP) is 3.42. The van der Waals surface area contributed by atoms with Crippen molar-refractivity contribution in [3.05, 3.63) is 57.9 Å². The highest BCUT2D eigenvalue weighted by molar-refractivity contribution is 5.98. The number of amides is 2. The fourth-order valence-corrected chi connectivity index (χ4v) is 5.22. The SMILES string of the molecule is COc1c(C(=O)NCCC2CCOC[C@@H]2O)cc(Cc2ccc(C(=O)NCCOC(C)(C)C)c(F)c2)c2c1CCO2. The molecule has 0 saturated carbocycles. The quantitative estimate of drug-likeness (QED) is 0.354. The summed E-state index contributed by atoms with van der Waals surface area (Å²) >= 11 is 0. The summed E-state index contributed by atoms with van der Waals surface area (Å²) in [6.45, 7) is 8.15. The Morgan fingerprint density at radius 3 is 2.56 bits per heavy atom. The summed E-state index contributed by atoms with van der Waals surface area (Å²) in [5, 5.41) is 15.8. The van der Waals surface area contributed by atoms with Crippen molar-refractivity contribution in [2.45, 2.75) is 58.2 Å².